The normalized spacial score (nSPS) is 25.4. The summed E-state index contributed by atoms with van der Waals surface area (Å²) in [7, 11) is 0. The summed E-state index contributed by atoms with van der Waals surface area (Å²) in [6.45, 7) is 1.94. The van der Waals surface area contributed by atoms with E-state index in [-0.39, 0.29) is 0 Å². The maximum Gasteiger partial charge on any atom is 0.0902 e. The first kappa shape index (κ1) is 11.5. The van der Waals surface area contributed by atoms with Gasteiger partial charge in [-0.25, -0.2) is 0 Å². The van der Waals surface area contributed by atoms with E-state index in [1.807, 2.05) is 43.3 Å². The molecule has 1 aliphatic rings. The Kier molecular flexibility index (Phi) is 2.71. The fourth-order valence-electron chi connectivity index (χ4n) is 2.87. The molecule has 0 amide bonds. The standard InChI is InChI=1S/C17H18O/c1-17(18,14-10-6-3-7-11-14)16-12-15(16)13-8-4-2-5-9-13/h2-11,15-16,18H,12H2,1H3. The Morgan fingerprint density at radius 3 is 2.11 bits per heavy atom. The highest BCUT2D eigenvalue weighted by Crippen LogP contribution is 2.56. The van der Waals surface area contributed by atoms with Gasteiger partial charge in [0.2, 0.25) is 0 Å². The van der Waals surface area contributed by atoms with Crippen LogP contribution >= 0.6 is 0 Å². The first-order chi connectivity index (χ1) is 8.69. The van der Waals surface area contributed by atoms with Crippen LogP contribution in [-0.4, -0.2) is 5.11 Å². The van der Waals surface area contributed by atoms with E-state index in [0.29, 0.717) is 11.8 Å². The number of hydrogen-bond donors (Lipinski definition) is 1. The van der Waals surface area contributed by atoms with Gasteiger partial charge in [0, 0.05) is 0 Å². The van der Waals surface area contributed by atoms with Gasteiger partial charge in [0.1, 0.15) is 0 Å². The molecule has 3 atom stereocenters. The Morgan fingerprint density at radius 2 is 1.50 bits per heavy atom. The average molecular weight is 238 g/mol. The molecular weight excluding hydrogens is 220 g/mol. The highest BCUT2D eigenvalue weighted by Gasteiger charge is 2.50. The number of aliphatic hydroxyl groups is 1. The molecule has 0 radical (unpaired) electrons. The lowest BCUT2D eigenvalue weighted by Gasteiger charge is -2.24. The van der Waals surface area contributed by atoms with E-state index in [1.54, 1.807) is 0 Å². The fraction of sp³-hybridized carbons (Fsp3) is 0.294. The van der Waals surface area contributed by atoms with Gasteiger partial charge >= 0.3 is 0 Å². The van der Waals surface area contributed by atoms with Crippen LogP contribution < -0.4 is 0 Å². The van der Waals surface area contributed by atoms with Crippen molar-refractivity contribution < 1.29 is 5.11 Å². The van der Waals surface area contributed by atoms with Crippen molar-refractivity contribution in [3.8, 4) is 0 Å². The third kappa shape index (κ3) is 1.95. The molecule has 2 aromatic carbocycles. The van der Waals surface area contributed by atoms with Crippen molar-refractivity contribution in [3.63, 3.8) is 0 Å². The van der Waals surface area contributed by atoms with Gasteiger partial charge in [0.15, 0.2) is 0 Å². The molecule has 0 aliphatic heterocycles. The maximum absolute atomic E-state index is 10.8. The minimum atomic E-state index is -0.720. The summed E-state index contributed by atoms with van der Waals surface area (Å²) in [4.78, 5) is 0. The molecule has 0 bridgehead atoms. The topological polar surface area (TPSA) is 20.2 Å². The highest BCUT2D eigenvalue weighted by molar-refractivity contribution is 5.32. The van der Waals surface area contributed by atoms with Crippen molar-refractivity contribution >= 4 is 0 Å². The molecule has 1 saturated carbocycles. The molecule has 0 heterocycles. The number of hydrogen-bond acceptors (Lipinski definition) is 1. The molecule has 18 heavy (non-hydrogen) atoms. The second kappa shape index (κ2) is 4.25. The summed E-state index contributed by atoms with van der Waals surface area (Å²) in [5, 5.41) is 10.8. The lowest BCUT2D eigenvalue weighted by molar-refractivity contribution is 0.0309. The molecular formula is C17H18O. The molecule has 0 saturated heterocycles. The quantitative estimate of drug-likeness (QED) is 0.864. The summed E-state index contributed by atoms with van der Waals surface area (Å²) >= 11 is 0. The van der Waals surface area contributed by atoms with E-state index in [1.165, 1.54) is 5.56 Å². The van der Waals surface area contributed by atoms with Gasteiger partial charge in [-0.1, -0.05) is 60.7 Å². The van der Waals surface area contributed by atoms with Crippen molar-refractivity contribution in [1.82, 2.24) is 0 Å². The minimum absolute atomic E-state index is 0.335. The summed E-state index contributed by atoms with van der Waals surface area (Å²) in [5.74, 6) is 0.837. The second-order valence-corrected chi connectivity index (χ2v) is 5.37. The van der Waals surface area contributed by atoms with Gasteiger partial charge in [-0.05, 0) is 36.3 Å². The van der Waals surface area contributed by atoms with Crippen LogP contribution in [0.2, 0.25) is 0 Å². The predicted octanol–water partition coefficient (Wildman–Crippen LogP) is 3.70. The monoisotopic (exact) mass is 238 g/mol. The molecule has 92 valence electrons. The van der Waals surface area contributed by atoms with Gasteiger partial charge in [0.05, 0.1) is 5.60 Å². The van der Waals surface area contributed by atoms with Crippen LogP contribution in [-0.2, 0) is 5.60 Å². The zero-order valence-electron chi connectivity index (χ0n) is 10.6. The molecule has 1 nitrogen and oxygen atoms in total. The molecule has 1 heteroatoms. The Bertz CT molecular complexity index is 516. The largest absolute Gasteiger partial charge is 0.385 e. The van der Waals surface area contributed by atoms with Crippen LogP contribution in [0.3, 0.4) is 0 Å². The van der Waals surface area contributed by atoms with Crippen molar-refractivity contribution in [1.29, 1.82) is 0 Å². The van der Waals surface area contributed by atoms with E-state index in [2.05, 4.69) is 24.3 Å². The van der Waals surface area contributed by atoms with Gasteiger partial charge in [-0.15, -0.1) is 0 Å². The van der Waals surface area contributed by atoms with Gasteiger partial charge in [-0.2, -0.15) is 0 Å². The highest BCUT2D eigenvalue weighted by atomic mass is 16.3. The lowest BCUT2D eigenvalue weighted by atomic mass is 9.89. The van der Waals surface area contributed by atoms with E-state index < -0.39 is 5.60 Å². The molecule has 3 unspecified atom stereocenters. The Labute approximate surface area is 108 Å². The predicted molar refractivity (Wildman–Crippen MR) is 73.3 cm³/mol. The molecule has 3 rings (SSSR count). The first-order valence-electron chi connectivity index (χ1n) is 6.52. The molecule has 2 aromatic rings. The van der Waals surface area contributed by atoms with Crippen LogP contribution in [0.25, 0.3) is 0 Å². The number of benzene rings is 2. The van der Waals surface area contributed by atoms with Crippen molar-refractivity contribution in [2.75, 3.05) is 0 Å². The smallest absolute Gasteiger partial charge is 0.0902 e. The summed E-state index contributed by atoms with van der Waals surface area (Å²) in [6, 6.07) is 20.5. The summed E-state index contributed by atoms with van der Waals surface area (Å²) in [5.41, 5.74) is 1.65. The van der Waals surface area contributed by atoms with E-state index in [4.69, 9.17) is 0 Å². The van der Waals surface area contributed by atoms with E-state index in [0.717, 1.165) is 12.0 Å². The molecule has 1 N–H and O–H groups in total. The zero-order valence-corrected chi connectivity index (χ0v) is 10.6. The lowest BCUT2D eigenvalue weighted by Crippen LogP contribution is -2.24. The third-order valence-corrected chi connectivity index (χ3v) is 4.10. The van der Waals surface area contributed by atoms with Crippen molar-refractivity contribution in [3.05, 3.63) is 71.8 Å². The van der Waals surface area contributed by atoms with Gasteiger partial charge in [-0.3, -0.25) is 0 Å². The van der Waals surface area contributed by atoms with E-state index in [9.17, 15) is 5.11 Å². The fourth-order valence-corrected chi connectivity index (χ4v) is 2.87. The Hall–Kier alpha value is -1.60. The average Bonchev–Trinajstić information content (AvgIpc) is 3.22. The van der Waals surface area contributed by atoms with Crippen LogP contribution in [0.4, 0.5) is 0 Å². The number of rotatable bonds is 3. The SMILES string of the molecule is CC(O)(c1ccccc1)C1CC1c1ccccc1. The molecule has 1 fully saturated rings. The van der Waals surface area contributed by atoms with Gasteiger partial charge in [0.25, 0.3) is 0 Å². The Morgan fingerprint density at radius 1 is 0.944 bits per heavy atom. The van der Waals surface area contributed by atoms with Gasteiger partial charge < -0.3 is 5.11 Å². The summed E-state index contributed by atoms with van der Waals surface area (Å²) in [6.07, 6.45) is 1.08. The van der Waals surface area contributed by atoms with Crippen LogP contribution in [0.1, 0.15) is 30.4 Å². The molecule has 1 aliphatic carbocycles. The van der Waals surface area contributed by atoms with Crippen molar-refractivity contribution in [2.24, 2.45) is 5.92 Å². The van der Waals surface area contributed by atoms with Crippen LogP contribution in [0.5, 0.6) is 0 Å². The zero-order chi connectivity index (χ0) is 12.6. The second-order valence-electron chi connectivity index (χ2n) is 5.37. The van der Waals surface area contributed by atoms with Crippen LogP contribution in [0, 0.1) is 5.92 Å². The summed E-state index contributed by atoms with van der Waals surface area (Å²) < 4.78 is 0. The van der Waals surface area contributed by atoms with Crippen molar-refractivity contribution in [2.45, 2.75) is 24.9 Å². The minimum Gasteiger partial charge on any atom is -0.385 e. The Balaban J connectivity index is 1.82. The third-order valence-electron chi connectivity index (χ3n) is 4.10. The first-order valence-corrected chi connectivity index (χ1v) is 6.52. The van der Waals surface area contributed by atoms with Crippen LogP contribution in [0.15, 0.2) is 60.7 Å². The molecule has 0 spiro atoms. The molecule has 0 aromatic heterocycles. The maximum atomic E-state index is 10.8. The van der Waals surface area contributed by atoms with E-state index >= 15 is 0 Å².